The van der Waals surface area contributed by atoms with E-state index >= 15 is 0 Å². The summed E-state index contributed by atoms with van der Waals surface area (Å²) in [7, 11) is 0. The summed E-state index contributed by atoms with van der Waals surface area (Å²) in [6.07, 6.45) is -11.4. The van der Waals surface area contributed by atoms with Crippen LogP contribution >= 0.6 is 0 Å². The summed E-state index contributed by atoms with van der Waals surface area (Å²) in [4.78, 5) is 25.8. The smallest absolute Gasteiger partial charge is 0.311 e. The van der Waals surface area contributed by atoms with Gasteiger partial charge in [-0.05, 0) is 62.6 Å². The predicted octanol–water partition coefficient (Wildman–Crippen LogP) is 4.59. The quantitative estimate of drug-likeness (QED) is 0.621. The van der Waals surface area contributed by atoms with Gasteiger partial charge in [-0.15, -0.1) is 0 Å². The van der Waals surface area contributed by atoms with E-state index in [0.29, 0.717) is 6.92 Å². The van der Waals surface area contributed by atoms with E-state index in [1.807, 2.05) is 0 Å². The van der Waals surface area contributed by atoms with Crippen molar-refractivity contribution in [3.8, 4) is 0 Å². The molecule has 0 aromatic heterocycles. The van der Waals surface area contributed by atoms with Gasteiger partial charge in [-0.25, -0.2) is 0 Å². The SMILES string of the molecule is [2H]C1=C([2H])[C@]([2H])(C)[C@H](CCC2C[C@@H](O)CC(=O)O2)[C@@H]2C1=C([2H])[C@]([2H])(C)C([2H])([2H])C2OC(=O)C(C)(C([2H])([2H])[2H])C([2H])([2H])C([2H])([2H])[2H]. The van der Waals surface area contributed by atoms with Crippen LogP contribution in [0, 0.1) is 29.0 Å². The van der Waals surface area contributed by atoms with Crippen LogP contribution in [0.4, 0.5) is 0 Å². The molecule has 0 aromatic carbocycles. The fourth-order valence-electron chi connectivity index (χ4n) is 4.02. The lowest BCUT2D eigenvalue weighted by molar-refractivity contribution is -0.166. The van der Waals surface area contributed by atoms with Crippen molar-refractivity contribution in [1.82, 2.24) is 0 Å². The molecular formula is C25H38O5. The van der Waals surface area contributed by atoms with Gasteiger partial charge >= 0.3 is 11.9 Å². The number of rotatable bonds is 6. The summed E-state index contributed by atoms with van der Waals surface area (Å²) in [5, 5.41) is 10.0. The van der Waals surface area contributed by atoms with E-state index < -0.39 is 109 Å². The van der Waals surface area contributed by atoms with E-state index in [1.54, 1.807) is 0 Å². The molecule has 30 heavy (non-hydrogen) atoms. The molecule has 5 nitrogen and oxygen atoms in total. The van der Waals surface area contributed by atoms with Gasteiger partial charge in [0.05, 0.1) is 22.1 Å². The number of carbonyl (C=O) groups excluding carboxylic acids is 2. The van der Waals surface area contributed by atoms with E-state index in [9.17, 15) is 14.7 Å². The molecule has 1 aliphatic heterocycles. The number of hydrogen-bond donors (Lipinski definition) is 1. The standard InChI is InChI=1S/C25H38O5/c1-6-25(4,5)24(28)30-21-12-15(2)11-17-8-7-16(3)20(23(17)21)10-9-19-13-18(26)14-22(27)29-19/h7-8,11,15-16,18-21,23,26H,6,9-10,12-14H2,1-5H3/t15-,16-,18+,19?,20-,21?,23-/m0/s1/i1D3,4D3,6D2,7D,8D,11D,12D2,15D,16D/t15-,16-,18+,19?,20-,21?,23-,25?. The molecule has 3 rings (SSSR count). The van der Waals surface area contributed by atoms with E-state index in [2.05, 4.69) is 0 Å². The summed E-state index contributed by atoms with van der Waals surface area (Å²) < 4.78 is 136. The summed E-state index contributed by atoms with van der Waals surface area (Å²) in [6.45, 7) is -4.61. The molecule has 1 heterocycles. The van der Waals surface area contributed by atoms with Crippen LogP contribution in [0.1, 0.15) is 93.5 Å². The van der Waals surface area contributed by atoms with Crippen molar-refractivity contribution in [3.63, 3.8) is 0 Å². The molecular weight excluding hydrogens is 380 g/mol. The third-order valence-corrected chi connectivity index (χ3v) is 5.65. The summed E-state index contributed by atoms with van der Waals surface area (Å²) in [5.74, 6) is -10.2. The third-order valence-electron chi connectivity index (χ3n) is 5.65. The van der Waals surface area contributed by atoms with E-state index in [1.165, 1.54) is 6.92 Å². The Morgan fingerprint density at radius 2 is 2.33 bits per heavy atom. The minimum atomic E-state index is -3.75. The Bertz CT molecular complexity index is 1280. The molecule has 8 atom stereocenters. The van der Waals surface area contributed by atoms with Gasteiger partial charge in [0.2, 0.25) is 0 Å². The second-order valence-electron chi connectivity index (χ2n) is 8.23. The zero-order valence-corrected chi connectivity index (χ0v) is 17.3. The number of fused-ring (bicyclic) bond motifs is 1. The third kappa shape index (κ3) is 5.16. The number of allylic oxidation sites excluding steroid dienone is 3. The van der Waals surface area contributed by atoms with Crippen molar-refractivity contribution in [2.45, 2.75) is 91.2 Å². The number of esters is 2. The lowest BCUT2D eigenvalue weighted by Crippen LogP contribution is -2.43. The molecule has 0 saturated carbocycles. The number of ether oxygens (including phenoxy) is 2. The highest BCUT2D eigenvalue weighted by molar-refractivity contribution is 5.76. The molecule has 5 heteroatoms. The zero-order chi connectivity index (χ0) is 35.1. The van der Waals surface area contributed by atoms with Gasteiger partial charge in [-0.2, -0.15) is 0 Å². The minimum absolute atomic E-state index is 0.0304. The Labute approximate surface area is 202 Å². The van der Waals surface area contributed by atoms with E-state index in [-0.39, 0.29) is 25.7 Å². The van der Waals surface area contributed by atoms with Crippen LogP contribution in [0.15, 0.2) is 23.7 Å². The molecule has 0 bridgehead atoms. The van der Waals surface area contributed by atoms with Crippen molar-refractivity contribution >= 4 is 11.9 Å². The van der Waals surface area contributed by atoms with Crippen LogP contribution in [0.5, 0.6) is 0 Å². The van der Waals surface area contributed by atoms with Gasteiger partial charge < -0.3 is 14.6 Å². The fraction of sp³-hybridized carbons (Fsp3) is 0.760. The summed E-state index contributed by atoms with van der Waals surface area (Å²) in [6, 6.07) is -2.06. The Morgan fingerprint density at radius 1 is 1.53 bits per heavy atom. The van der Waals surface area contributed by atoms with Gasteiger partial charge in [0, 0.05) is 28.8 Å². The Hall–Kier alpha value is -1.62. The summed E-state index contributed by atoms with van der Waals surface area (Å²) in [5.41, 5.74) is -3.82. The maximum Gasteiger partial charge on any atom is 0.311 e. The number of aliphatic hydroxyl groups excluding tert-OH is 1. The lowest BCUT2D eigenvalue weighted by atomic mass is 9.65. The van der Waals surface area contributed by atoms with Gasteiger partial charge in [0.15, 0.2) is 0 Å². The number of carbonyl (C=O) groups is 2. The average molecular weight is 434 g/mol. The molecule has 168 valence electrons. The largest absolute Gasteiger partial charge is 0.462 e. The highest BCUT2D eigenvalue weighted by Crippen LogP contribution is 2.45. The van der Waals surface area contributed by atoms with Crippen LogP contribution in [0.2, 0.25) is 0 Å². The maximum atomic E-state index is 13.8. The number of hydrogen-bond acceptors (Lipinski definition) is 5. The monoisotopic (exact) mass is 433 g/mol. The first-order valence-electron chi connectivity index (χ1n) is 17.5. The van der Waals surface area contributed by atoms with Crippen LogP contribution < -0.4 is 0 Å². The van der Waals surface area contributed by atoms with Crippen LogP contribution in [0.3, 0.4) is 0 Å². The van der Waals surface area contributed by atoms with Crippen molar-refractivity contribution in [1.29, 1.82) is 0 Å². The maximum absolute atomic E-state index is 13.8. The second kappa shape index (κ2) is 9.25. The molecule has 0 amide bonds. The molecule has 0 spiro atoms. The first kappa shape index (κ1) is 10.3. The number of cyclic esters (lactones) is 1. The van der Waals surface area contributed by atoms with E-state index in [0.717, 1.165) is 6.92 Å². The Morgan fingerprint density at radius 3 is 3.03 bits per heavy atom. The van der Waals surface area contributed by atoms with Gasteiger partial charge in [-0.3, -0.25) is 9.59 Å². The first-order valence-corrected chi connectivity index (χ1v) is 9.97. The first-order chi connectivity index (χ1) is 20.0. The second-order valence-corrected chi connectivity index (χ2v) is 8.23. The van der Waals surface area contributed by atoms with Gasteiger partial charge in [-0.1, -0.05) is 38.9 Å². The van der Waals surface area contributed by atoms with Crippen molar-refractivity contribution in [3.05, 3.63) is 23.7 Å². The van der Waals surface area contributed by atoms with Crippen molar-refractivity contribution in [2.24, 2.45) is 29.0 Å². The lowest BCUT2D eigenvalue weighted by Gasteiger charge is -2.44. The normalized spacial score (nSPS) is 54.3. The van der Waals surface area contributed by atoms with Crippen LogP contribution in [-0.2, 0) is 19.1 Å². The fourth-order valence-corrected chi connectivity index (χ4v) is 4.02. The Balaban J connectivity index is 2.24. The minimum Gasteiger partial charge on any atom is -0.462 e. The highest BCUT2D eigenvalue weighted by atomic mass is 16.6. The van der Waals surface area contributed by atoms with Crippen LogP contribution in [-0.4, -0.2) is 35.4 Å². The molecule has 0 aromatic rings. The van der Waals surface area contributed by atoms with Crippen molar-refractivity contribution < 1.29 is 44.7 Å². The highest BCUT2D eigenvalue weighted by Gasteiger charge is 2.43. The van der Waals surface area contributed by atoms with Gasteiger partial charge in [0.25, 0.3) is 0 Å². The molecule has 0 radical (unpaired) electrons. The molecule has 3 unspecified atom stereocenters. The van der Waals surface area contributed by atoms with E-state index in [4.69, 9.17) is 30.0 Å². The molecule has 1 saturated heterocycles. The van der Waals surface area contributed by atoms with Gasteiger partial charge in [0.1, 0.15) is 12.2 Å². The molecule has 2 aliphatic carbocycles. The molecule has 3 aliphatic rings. The predicted molar refractivity (Wildman–Crippen MR) is 115 cm³/mol. The summed E-state index contributed by atoms with van der Waals surface area (Å²) >= 11 is 0. The zero-order valence-electron chi connectivity index (χ0n) is 32.3. The van der Waals surface area contributed by atoms with Crippen LogP contribution in [0.25, 0.3) is 0 Å². The van der Waals surface area contributed by atoms with Crippen molar-refractivity contribution in [2.75, 3.05) is 0 Å². The average Bonchev–Trinajstić information content (AvgIpc) is 2.86. The topological polar surface area (TPSA) is 72.8 Å². The number of aliphatic hydroxyl groups is 1. The molecule has 1 N–H and O–H groups in total. The Kier molecular flexibility index (Phi) is 3.19. The molecule has 1 fully saturated rings.